The van der Waals surface area contributed by atoms with Crippen LogP contribution in [0.3, 0.4) is 0 Å². The van der Waals surface area contributed by atoms with E-state index in [0.717, 1.165) is 23.8 Å². The van der Waals surface area contributed by atoms with Gasteiger partial charge in [0.1, 0.15) is 5.82 Å². The highest BCUT2D eigenvalue weighted by Crippen LogP contribution is 2.32. The van der Waals surface area contributed by atoms with Gasteiger partial charge in [-0.2, -0.15) is 8.78 Å². The first-order valence-corrected chi connectivity index (χ1v) is 8.61. The third kappa shape index (κ3) is 5.06. The fourth-order valence-electron chi connectivity index (χ4n) is 3.85. The Morgan fingerprint density at radius 1 is 1.23 bits per heavy atom. The van der Waals surface area contributed by atoms with E-state index in [0.29, 0.717) is 51.0 Å². The number of imidazole rings is 1. The maximum Gasteiger partial charge on any atom is 0.319 e. The van der Waals surface area contributed by atoms with Crippen molar-refractivity contribution in [3.05, 3.63) is 18.2 Å². The first-order valence-electron chi connectivity index (χ1n) is 8.61. The van der Waals surface area contributed by atoms with Gasteiger partial charge in [-0.3, -0.25) is 14.3 Å². The molecule has 1 amide bonds. The van der Waals surface area contributed by atoms with E-state index in [2.05, 4.69) is 9.88 Å². The average Bonchev–Trinajstić information content (AvgIpc) is 3.23. The minimum Gasteiger partial charge on any atom is -0.340 e. The highest BCUT2D eigenvalue weighted by Gasteiger charge is 2.35. The predicted octanol–water partition coefficient (Wildman–Crippen LogP) is 2.14. The molecule has 0 unspecified atom stereocenters. The number of piperazine rings is 1. The van der Waals surface area contributed by atoms with Crippen molar-refractivity contribution < 1.29 is 13.6 Å². The van der Waals surface area contributed by atoms with Crippen LogP contribution in [-0.4, -0.2) is 58.0 Å². The van der Waals surface area contributed by atoms with Crippen molar-refractivity contribution in [3.63, 3.8) is 0 Å². The Labute approximate surface area is 164 Å². The Kier molecular flexibility index (Phi) is 9.23. The Morgan fingerprint density at radius 3 is 2.54 bits per heavy atom. The molecular weight excluding hydrogens is 387 g/mol. The molecule has 1 aliphatic heterocycles. The topological polar surface area (TPSA) is 67.4 Å². The van der Waals surface area contributed by atoms with E-state index >= 15 is 0 Å². The minimum absolute atomic E-state index is 0. The van der Waals surface area contributed by atoms with Crippen molar-refractivity contribution in [3.8, 4) is 0 Å². The van der Waals surface area contributed by atoms with Gasteiger partial charge in [0.05, 0.1) is 6.54 Å². The van der Waals surface area contributed by atoms with E-state index in [1.165, 1.54) is 12.4 Å². The molecule has 0 aromatic carbocycles. The standard InChI is InChI=1S/C16H25F2N5O.2ClH/c17-16(18)23-5-4-20-14(23)11-21-6-8-22(9-7-21)15(24)13-3-1-2-12(13)10-19;;/h4-5,12-13,16H,1-3,6-11,19H2;2*1H/t12-,13-;;/m1../s1. The zero-order valence-electron chi connectivity index (χ0n) is 14.6. The van der Waals surface area contributed by atoms with Gasteiger partial charge in [0.15, 0.2) is 0 Å². The second-order valence-corrected chi connectivity index (χ2v) is 6.66. The monoisotopic (exact) mass is 413 g/mol. The molecule has 2 heterocycles. The summed E-state index contributed by atoms with van der Waals surface area (Å²) in [5, 5.41) is 0. The van der Waals surface area contributed by atoms with E-state index in [-0.39, 0.29) is 36.6 Å². The van der Waals surface area contributed by atoms with Crippen LogP contribution in [0.1, 0.15) is 31.6 Å². The van der Waals surface area contributed by atoms with Crippen LogP contribution < -0.4 is 5.73 Å². The molecule has 2 N–H and O–H groups in total. The Hall–Kier alpha value is -0.960. The minimum atomic E-state index is -2.57. The maximum absolute atomic E-state index is 12.9. The summed E-state index contributed by atoms with van der Waals surface area (Å²) < 4.78 is 26.6. The van der Waals surface area contributed by atoms with Gasteiger partial charge in [-0.15, -0.1) is 24.8 Å². The van der Waals surface area contributed by atoms with Crippen LogP contribution in [0.5, 0.6) is 0 Å². The fraction of sp³-hybridized carbons (Fsp3) is 0.750. The van der Waals surface area contributed by atoms with Gasteiger partial charge in [-0.05, 0) is 25.3 Å². The molecule has 3 rings (SSSR count). The summed E-state index contributed by atoms with van der Waals surface area (Å²) in [6, 6.07) is 0. The third-order valence-corrected chi connectivity index (χ3v) is 5.29. The van der Waals surface area contributed by atoms with E-state index in [1.807, 2.05) is 4.90 Å². The number of aromatic nitrogens is 2. The van der Waals surface area contributed by atoms with Crippen molar-refractivity contribution in [1.82, 2.24) is 19.4 Å². The zero-order chi connectivity index (χ0) is 17.1. The third-order valence-electron chi connectivity index (χ3n) is 5.29. The van der Waals surface area contributed by atoms with Crippen molar-refractivity contribution >= 4 is 30.7 Å². The molecule has 6 nitrogen and oxygen atoms in total. The summed E-state index contributed by atoms with van der Waals surface area (Å²) in [6.07, 6.45) is 5.76. The van der Waals surface area contributed by atoms with Gasteiger partial charge in [-0.1, -0.05) is 6.42 Å². The molecule has 1 saturated heterocycles. The van der Waals surface area contributed by atoms with Crippen LogP contribution >= 0.6 is 24.8 Å². The van der Waals surface area contributed by atoms with E-state index in [1.54, 1.807) is 0 Å². The molecule has 2 atom stereocenters. The van der Waals surface area contributed by atoms with Gasteiger partial charge in [0.2, 0.25) is 5.91 Å². The lowest BCUT2D eigenvalue weighted by molar-refractivity contribution is -0.138. The molecule has 26 heavy (non-hydrogen) atoms. The number of nitrogens with zero attached hydrogens (tertiary/aromatic N) is 4. The van der Waals surface area contributed by atoms with Crippen molar-refractivity contribution in [2.45, 2.75) is 32.4 Å². The largest absolute Gasteiger partial charge is 0.340 e. The molecule has 2 aliphatic rings. The lowest BCUT2D eigenvalue weighted by Crippen LogP contribution is -2.50. The Morgan fingerprint density at radius 2 is 1.92 bits per heavy atom. The Bertz CT molecular complexity index is 567. The number of nitrogens with two attached hydrogens (primary N) is 1. The summed E-state index contributed by atoms with van der Waals surface area (Å²) in [5.74, 6) is 0.966. The van der Waals surface area contributed by atoms with Gasteiger partial charge < -0.3 is 10.6 Å². The van der Waals surface area contributed by atoms with E-state index < -0.39 is 6.55 Å². The predicted molar refractivity (Wildman–Crippen MR) is 99.7 cm³/mol. The highest BCUT2D eigenvalue weighted by molar-refractivity contribution is 5.85. The molecule has 0 bridgehead atoms. The van der Waals surface area contributed by atoms with Crippen LogP contribution in [0, 0.1) is 11.8 Å². The number of alkyl halides is 2. The summed E-state index contributed by atoms with van der Waals surface area (Å²) in [4.78, 5) is 20.7. The van der Waals surface area contributed by atoms with Crippen LogP contribution in [0.15, 0.2) is 12.4 Å². The molecule has 2 fully saturated rings. The molecule has 10 heteroatoms. The molecule has 1 aromatic heterocycles. The second kappa shape index (κ2) is 10.4. The Balaban J connectivity index is 0.00000169. The zero-order valence-corrected chi connectivity index (χ0v) is 16.2. The van der Waals surface area contributed by atoms with E-state index in [4.69, 9.17) is 5.73 Å². The molecular formula is C16H27Cl2F2N5O. The summed E-state index contributed by atoms with van der Waals surface area (Å²) in [5.41, 5.74) is 5.78. The highest BCUT2D eigenvalue weighted by atomic mass is 35.5. The number of carbonyl (C=O) groups excluding carboxylic acids is 1. The number of rotatable bonds is 5. The normalized spacial score (nSPS) is 23.6. The van der Waals surface area contributed by atoms with Gasteiger partial charge in [0, 0.05) is 44.5 Å². The SMILES string of the molecule is Cl.Cl.NC[C@H]1CCC[C@H]1C(=O)N1CCN(Cc2nccn2C(F)F)CC1. The van der Waals surface area contributed by atoms with Crippen molar-refractivity contribution in [2.75, 3.05) is 32.7 Å². The average molecular weight is 414 g/mol. The van der Waals surface area contributed by atoms with Crippen LogP contribution in [-0.2, 0) is 11.3 Å². The number of halogens is 4. The van der Waals surface area contributed by atoms with Gasteiger partial charge in [0.25, 0.3) is 0 Å². The number of hydrogen-bond donors (Lipinski definition) is 1. The summed E-state index contributed by atoms with van der Waals surface area (Å²) in [6.45, 7) is 1.04. The summed E-state index contributed by atoms with van der Waals surface area (Å²) in [7, 11) is 0. The lowest BCUT2D eigenvalue weighted by Gasteiger charge is -2.36. The van der Waals surface area contributed by atoms with Gasteiger partial charge >= 0.3 is 6.55 Å². The first-order chi connectivity index (χ1) is 11.6. The van der Waals surface area contributed by atoms with Crippen LogP contribution in [0.25, 0.3) is 0 Å². The molecule has 1 aliphatic carbocycles. The molecule has 1 aromatic rings. The lowest BCUT2D eigenvalue weighted by atomic mass is 9.94. The fourth-order valence-corrected chi connectivity index (χ4v) is 3.85. The molecule has 150 valence electrons. The van der Waals surface area contributed by atoms with Crippen LogP contribution in [0.2, 0.25) is 0 Å². The number of hydrogen-bond acceptors (Lipinski definition) is 4. The molecule has 0 radical (unpaired) electrons. The summed E-state index contributed by atoms with van der Waals surface area (Å²) >= 11 is 0. The van der Waals surface area contributed by atoms with Crippen LogP contribution in [0.4, 0.5) is 8.78 Å². The van der Waals surface area contributed by atoms with Crippen molar-refractivity contribution in [2.24, 2.45) is 17.6 Å². The maximum atomic E-state index is 12.9. The van der Waals surface area contributed by atoms with E-state index in [9.17, 15) is 13.6 Å². The number of amides is 1. The second-order valence-electron chi connectivity index (χ2n) is 6.66. The number of carbonyl (C=O) groups is 1. The first kappa shape index (κ1) is 23.1. The quantitative estimate of drug-likeness (QED) is 0.802. The van der Waals surface area contributed by atoms with Crippen molar-refractivity contribution in [1.29, 1.82) is 0 Å². The molecule has 0 spiro atoms. The van der Waals surface area contributed by atoms with Gasteiger partial charge in [-0.25, -0.2) is 4.98 Å². The molecule has 1 saturated carbocycles. The smallest absolute Gasteiger partial charge is 0.319 e.